The second-order valence-corrected chi connectivity index (χ2v) is 5.53. The third-order valence-corrected chi connectivity index (χ3v) is 3.06. The fourth-order valence-electron chi connectivity index (χ4n) is 1.69. The smallest absolute Gasteiger partial charge is 0.162 e. The van der Waals surface area contributed by atoms with Gasteiger partial charge in [0, 0.05) is 10.5 Å². The van der Waals surface area contributed by atoms with Gasteiger partial charge in [-0.1, -0.05) is 15.9 Å². The van der Waals surface area contributed by atoms with Gasteiger partial charge in [-0.15, -0.1) is 0 Å². The number of ether oxygens (including phenoxy) is 2. The molecule has 0 heterocycles. The van der Waals surface area contributed by atoms with Crippen LogP contribution in [0.3, 0.4) is 0 Å². The molecular formula is C14H22BrNO2. The van der Waals surface area contributed by atoms with Crippen molar-refractivity contribution in [2.24, 2.45) is 5.73 Å². The van der Waals surface area contributed by atoms with Crippen LogP contribution >= 0.6 is 15.9 Å². The molecule has 0 aromatic heterocycles. The molecule has 0 aliphatic heterocycles. The van der Waals surface area contributed by atoms with Gasteiger partial charge in [0.25, 0.3) is 0 Å². The van der Waals surface area contributed by atoms with Crippen LogP contribution in [0, 0.1) is 0 Å². The number of rotatable bonds is 6. The first kappa shape index (κ1) is 15.3. The lowest BCUT2D eigenvalue weighted by molar-refractivity contribution is 0.223. The molecule has 0 amide bonds. The van der Waals surface area contributed by atoms with E-state index in [9.17, 15) is 0 Å². The van der Waals surface area contributed by atoms with Crippen LogP contribution in [-0.4, -0.2) is 18.8 Å². The molecule has 102 valence electrons. The number of hydrogen-bond donors (Lipinski definition) is 1. The summed E-state index contributed by atoms with van der Waals surface area (Å²) in [5.74, 6) is 1.55. The van der Waals surface area contributed by atoms with Crippen LogP contribution in [-0.2, 0) is 6.42 Å². The van der Waals surface area contributed by atoms with Gasteiger partial charge in [0.05, 0.1) is 12.7 Å². The maximum atomic E-state index is 5.84. The van der Waals surface area contributed by atoms with Gasteiger partial charge in [0.15, 0.2) is 11.5 Å². The fourth-order valence-corrected chi connectivity index (χ4v) is 2.18. The van der Waals surface area contributed by atoms with Crippen molar-refractivity contribution in [3.63, 3.8) is 0 Å². The van der Waals surface area contributed by atoms with Gasteiger partial charge in [0.2, 0.25) is 0 Å². The van der Waals surface area contributed by atoms with Gasteiger partial charge in [-0.05, 0) is 51.8 Å². The minimum absolute atomic E-state index is 0.118. The second-order valence-electron chi connectivity index (χ2n) is 4.67. The van der Waals surface area contributed by atoms with Gasteiger partial charge < -0.3 is 15.2 Å². The van der Waals surface area contributed by atoms with Crippen molar-refractivity contribution in [1.82, 2.24) is 0 Å². The Morgan fingerprint density at radius 1 is 1.22 bits per heavy atom. The third-order valence-electron chi connectivity index (χ3n) is 2.32. The first-order valence-electron chi connectivity index (χ1n) is 6.31. The fraction of sp³-hybridized carbons (Fsp3) is 0.571. The van der Waals surface area contributed by atoms with Gasteiger partial charge in [-0.25, -0.2) is 0 Å². The average molecular weight is 316 g/mol. The molecule has 2 N–H and O–H groups in total. The molecule has 1 aromatic carbocycles. The SMILES string of the molecule is CCOc1cc(CC(C)N)c(Br)cc1OC(C)C. The van der Waals surface area contributed by atoms with E-state index in [1.54, 1.807) is 0 Å². The Balaban J connectivity index is 3.07. The summed E-state index contributed by atoms with van der Waals surface area (Å²) < 4.78 is 12.4. The van der Waals surface area contributed by atoms with E-state index in [2.05, 4.69) is 15.9 Å². The highest BCUT2D eigenvalue weighted by atomic mass is 79.9. The lowest BCUT2D eigenvalue weighted by Gasteiger charge is -2.17. The van der Waals surface area contributed by atoms with Crippen LogP contribution in [0.15, 0.2) is 16.6 Å². The lowest BCUT2D eigenvalue weighted by atomic mass is 10.1. The summed E-state index contributed by atoms with van der Waals surface area (Å²) in [6.07, 6.45) is 0.929. The molecule has 3 nitrogen and oxygen atoms in total. The zero-order valence-corrected chi connectivity index (χ0v) is 13.1. The normalized spacial score (nSPS) is 12.6. The molecule has 0 spiro atoms. The Morgan fingerprint density at radius 2 is 1.89 bits per heavy atom. The summed E-state index contributed by atoms with van der Waals surface area (Å²) >= 11 is 3.56. The largest absolute Gasteiger partial charge is 0.490 e. The zero-order valence-electron chi connectivity index (χ0n) is 11.5. The molecule has 0 fully saturated rings. The molecule has 0 aliphatic carbocycles. The number of benzene rings is 1. The molecule has 0 saturated heterocycles. The highest BCUT2D eigenvalue weighted by molar-refractivity contribution is 9.10. The van der Waals surface area contributed by atoms with E-state index in [0.29, 0.717) is 6.61 Å². The second kappa shape index (κ2) is 7.00. The van der Waals surface area contributed by atoms with Gasteiger partial charge in [0.1, 0.15) is 0 Å². The topological polar surface area (TPSA) is 44.5 Å². The summed E-state index contributed by atoms with van der Waals surface area (Å²) in [5.41, 5.74) is 6.99. The highest BCUT2D eigenvalue weighted by Gasteiger charge is 2.13. The predicted octanol–water partition coefficient (Wildman–Crippen LogP) is 3.52. The van der Waals surface area contributed by atoms with Crippen LogP contribution in [0.4, 0.5) is 0 Å². The summed E-state index contributed by atoms with van der Waals surface area (Å²) in [7, 11) is 0. The van der Waals surface area contributed by atoms with E-state index in [-0.39, 0.29) is 12.1 Å². The minimum atomic E-state index is 0.118. The molecule has 0 bridgehead atoms. The highest BCUT2D eigenvalue weighted by Crippen LogP contribution is 2.34. The molecule has 0 radical (unpaired) electrons. The summed E-state index contributed by atoms with van der Waals surface area (Å²) in [5, 5.41) is 0. The van der Waals surface area contributed by atoms with Crippen LogP contribution in [0.25, 0.3) is 0 Å². The number of hydrogen-bond acceptors (Lipinski definition) is 3. The van der Waals surface area contributed by atoms with Crippen LogP contribution in [0.5, 0.6) is 11.5 Å². The molecule has 1 atom stereocenters. The number of halogens is 1. The van der Waals surface area contributed by atoms with Gasteiger partial charge in [-0.2, -0.15) is 0 Å². The van der Waals surface area contributed by atoms with Crippen molar-refractivity contribution in [3.8, 4) is 11.5 Å². The molecule has 1 aromatic rings. The van der Waals surface area contributed by atoms with E-state index in [1.165, 1.54) is 0 Å². The van der Waals surface area contributed by atoms with Crippen molar-refractivity contribution in [1.29, 1.82) is 0 Å². The molecule has 1 unspecified atom stereocenters. The third kappa shape index (κ3) is 4.50. The van der Waals surface area contributed by atoms with Crippen LogP contribution in [0.1, 0.15) is 33.3 Å². The zero-order chi connectivity index (χ0) is 13.7. The summed E-state index contributed by atoms with van der Waals surface area (Å²) in [6.45, 7) is 8.57. The van der Waals surface area contributed by atoms with E-state index < -0.39 is 0 Å². The first-order valence-corrected chi connectivity index (χ1v) is 7.10. The summed E-state index contributed by atoms with van der Waals surface area (Å²) in [4.78, 5) is 0. The first-order chi connectivity index (χ1) is 8.43. The van der Waals surface area contributed by atoms with Crippen molar-refractivity contribution in [2.45, 2.75) is 46.3 Å². The van der Waals surface area contributed by atoms with Crippen molar-refractivity contribution in [2.75, 3.05) is 6.61 Å². The van der Waals surface area contributed by atoms with Crippen molar-refractivity contribution in [3.05, 3.63) is 22.2 Å². The molecule has 0 aliphatic rings. The summed E-state index contributed by atoms with van der Waals surface area (Å²) in [6, 6.07) is 4.09. The predicted molar refractivity (Wildman–Crippen MR) is 78.4 cm³/mol. The van der Waals surface area contributed by atoms with Crippen molar-refractivity contribution >= 4 is 15.9 Å². The van der Waals surface area contributed by atoms with E-state index in [1.807, 2.05) is 39.8 Å². The molecule has 4 heteroatoms. The Bertz CT molecular complexity index is 392. The molecular weight excluding hydrogens is 294 g/mol. The quantitative estimate of drug-likeness (QED) is 0.873. The Hall–Kier alpha value is -0.740. The van der Waals surface area contributed by atoms with Crippen LogP contribution in [0.2, 0.25) is 0 Å². The van der Waals surface area contributed by atoms with E-state index in [4.69, 9.17) is 15.2 Å². The lowest BCUT2D eigenvalue weighted by Crippen LogP contribution is -2.18. The molecule has 0 saturated carbocycles. The number of nitrogens with two attached hydrogens (primary N) is 1. The average Bonchev–Trinajstić information content (AvgIpc) is 2.23. The standard InChI is InChI=1S/C14H22BrNO2/c1-5-17-13-7-11(6-10(4)16)12(15)8-14(13)18-9(2)3/h7-10H,5-6,16H2,1-4H3. The van der Waals surface area contributed by atoms with E-state index >= 15 is 0 Å². The van der Waals surface area contributed by atoms with Crippen molar-refractivity contribution < 1.29 is 9.47 Å². The van der Waals surface area contributed by atoms with Crippen LogP contribution < -0.4 is 15.2 Å². The van der Waals surface area contributed by atoms with Gasteiger partial charge >= 0.3 is 0 Å². The Kier molecular flexibility index (Phi) is 5.96. The Morgan fingerprint density at radius 3 is 2.39 bits per heavy atom. The monoisotopic (exact) mass is 315 g/mol. The molecule has 18 heavy (non-hydrogen) atoms. The maximum absolute atomic E-state index is 5.84. The minimum Gasteiger partial charge on any atom is -0.490 e. The Labute approximate surface area is 118 Å². The molecule has 1 rings (SSSR count). The maximum Gasteiger partial charge on any atom is 0.162 e. The van der Waals surface area contributed by atoms with Gasteiger partial charge in [-0.3, -0.25) is 0 Å². The van der Waals surface area contributed by atoms with E-state index in [0.717, 1.165) is 28.0 Å².